The van der Waals surface area contributed by atoms with Crippen LogP contribution in [0.25, 0.3) is 32.0 Å². The van der Waals surface area contributed by atoms with Gasteiger partial charge < -0.3 is 20.1 Å². The number of fused-ring (bicyclic) bond motifs is 1. The second-order valence-electron chi connectivity index (χ2n) is 7.72. The highest BCUT2D eigenvalue weighted by atomic mass is 32.1. The van der Waals surface area contributed by atoms with Crippen LogP contribution in [0.1, 0.15) is 0 Å². The molecule has 5 aromatic rings. The summed E-state index contributed by atoms with van der Waals surface area (Å²) in [5.41, 5.74) is 4.19. The molecule has 0 radical (unpaired) electrons. The third kappa shape index (κ3) is 3.96. The van der Waals surface area contributed by atoms with Crippen LogP contribution >= 0.6 is 22.7 Å². The van der Waals surface area contributed by atoms with Crippen molar-refractivity contribution in [3.8, 4) is 26.9 Å². The third-order valence-corrected chi connectivity index (χ3v) is 7.26. The highest BCUT2D eigenvalue weighted by Gasteiger charge is 2.20. The summed E-state index contributed by atoms with van der Waals surface area (Å²) < 4.78 is 5.43. The molecule has 1 aliphatic heterocycles. The van der Waals surface area contributed by atoms with E-state index in [1.54, 1.807) is 24.7 Å². The van der Waals surface area contributed by atoms with Crippen LogP contribution in [0.5, 0.6) is 5.75 Å². The molecule has 0 amide bonds. The maximum atomic E-state index is 10.9. The summed E-state index contributed by atoms with van der Waals surface area (Å²) in [7, 11) is 0. The molecule has 1 aliphatic rings. The number of phenols is 1. The van der Waals surface area contributed by atoms with Gasteiger partial charge in [-0.25, -0.2) is 19.9 Å². The first-order valence-electron chi connectivity index (χ1n) is 10.8. The summed E-state index contributed by atoms with van der Waals surface area (Å²) in [6.07, 6.45) is 5.25. The van der Waals surface area contributed by atoms with Gasteiger partial charge in [0.1, 0.15) is 21.3 Å². The molecule has 170 valence electrons. The molecule has 2 N–H and O–H groups in total. The van der Waals surface area contributed by atoms with Crippen molar-refractivity contribution in [2.24, 2.45) is 0 Å². The molecule has 4 heterocycles. The number of aromatic nitrogens is 4. The molecule has 1 saturated heterocycles. The van der Waals surface area contributed by atoms with Crippen molar-refractivity contribution in [1.29, 1.82) is 0 Å². The number of benzene rings is 2. The van der Waals surface area contributed by atoms with Gasteiger partial charge in [0.15, 0.2) is 0 Å². The smallest absolute Gasteiger partial charge is 0.227 e. The van der Waals surface area contributed by atoms with Crippen LogP contribution in [0.2, 0.25) is 0 Å². The van der Waals surface area contributed by atoms with Crippen molar-refractivity contribution < 1.29 is 9.84 Å². The van der Waals surface area contributed by atoms with Gasteiger partial charge in [0.25, 0.3) is 0 Å². The lowest BCUT2D eigenvalue weighted by molar-refractivity contribution is 0.122. The van der Waals surface area contributed by atoms with E-state index < -0.39 is 0 Å². The van der Waals surface area contributed by atoms with Crippen LogP contribution in [0.15, 0.2) is 59.7 Å². The lowest BCUT2D eigenvalue weighted by Gasteiger charge is -2.28. The number of hydrogen-bond donors (Lipinski definition) is 2. The predicted octanol–water partition coefficient (Wildman–Crippen LogP) is 5.16. The number of rotatable bonds is 5. The zero-order valence-electron chi connectivity index (χ0n) is 18.0. The Labute approximate surface area is 203 Å². The number of aromatic hydroxyl groups is 1. The predicted molar refractivity (Wildman–Crippen MR) is 136 cm³/mol. The lowest BCUT2D eigenvalue weighted by atomic mass is 10.0. The van der Waals surface area contributed by atoms with E-state index >= 15 is 0 Å². The number of thiazole rings is 2. The van der Waals surface area contributed by atoms with Gasteiger partial charge in [-0.15, -0.1) is 22.7 Å². The second-order valence-corrected chi connectivity index (χ2v) is 9.51. The minimum atomic E-state index is 0.0774. The molecule has 0 atom stereocenters. The van der Waals surface area contributed by atoms with Crippen LogP contribution < -0.4 is 10.2 Å². The maximum absolute atomic E-state index is 10.9. The van der Waals surface area contributed by atoms with Gasteiger partial charge >= 0.3 is 0 Å². The van der Waals surface area contributed by atoms with Crippen LogP contribution in [0.3, 0.4) is 0 Å². The Bertz CT molecular complexity index is 1420. The summed E-state index contributed by atoms with van der Waals surface area (Å²) in [5.74, 6) is 0.489. The van der Waals surface area contributed by atoms with Crippen molar-refractivity contribution in [1.82, 2.24) is 19.9 Å². The first kappa shape index (κ1) is 21.0. The van der Waals surface area contributed by atoms with E-state index in [-0.39, 0.29) is 5.75 Å². The molecule has 1 fully saturated rings. The third-order valence-electron chi connectivity index (χ3n) is 5.66. The molecule has 10 heteroatoms. The normalized spacial score (nSPS) is 13.9. The first-order chi connectivity index (χ1) is 16.8. The van der Waals surface area contributed by atoms with Crippen molar-refractivity contribution in [3.63, 3.8) is 0 Å². The SMILES string of the molecule is Oc1cc(-c2nccs2)c(-c2nccs2)c2cnc(Nc3ccc(N4CCOCC4)cc3)nc12. The van der Waals surface area contributed by atoms with Crippen LogP contribution in [0, 0.1) is 0 Å². The molecule has 3 aromatic heterocycles. The van der Waals surface area contributed by atoms with Crippen molar-refractivity contribution in [2.75, 3.05) is 36.5 Å². The molecule has 0 unspecified atom stereocenters. The van der Waals surface area contributed by atoms with E-state index in [0.29, 0.717) is 11.5 Å². The standard InChI is InChI=1S/C24H20N6O2S2/c31-19-13-17(22-25-5-11-33-22)20(23-26-6-12-34-23)18-14-27-24(29-21(18)19)28-15-1-3-16(4-2-15)30-7-9-32-10-8-30/h1-6,11-14,31H,7-10H2,(H,27,28,29). The van der Waals surface area contributed by atoms with Crippen LogP contribution in [-0.2, 0) is 4.74 Å². The average molecular weight is 489 g/mol. The molecule has 8 nitrogen and oxygen atoms in total. The first-order valence-corrected chi connectivity index (χ1v) is 12.5. The molecule has 2 aromatic carbocycles. The number of morpholine rings is 1. The number of nitrogens with one attached hydrogen (secondary N) is 1. The highest BCUT2D eigenvalue weighted by molar-refractivity contribution is 7.14. The Hall–Kier alpha value is -3.60. The van der Waals surface area contributed by atoms with Gasteiger partial charge in [0.2, 0.25) is 5.95 Å². The minimum Gasteiger partial charge on any atom is -0.506 e. The highest BCUT2D eigenvalue weighted by Crippen LogP contribution is 2.42. The zero-order chi connectivity index (χ0) is 22.9. The molecule has 0 bridgehead atoms. The molecule has 0 spiro atoms. The van der Waals surface area contributed by atoms with Crippen LogP contribution in [0.4, 0.5) is 17.3 Å². The van der Waals surface area contributed by atoms with Gasteiger partial charge in [-0.3, -0.25) is 0 Å². The van der Waals surface area contributed by atoms with Gasteiger partial charge in [0, 0.05) is 70.3 Å². The molecule has 0 aliphatic carbocycles. The Morgan fingerprint density at radius 2 is 1.68 bits per heavy atom. The molecular weight excluding hydrogens is 468 g/mol. The van der Waals surface area contributed by atoms with Crippen LogP contribution in [-0.4, -0.2) is 51.3 Å². The topological polar surface area (TPSA) is 96.3 Å². The van der Waals surface area contributed by atoms with Crippen molar-refractivity contribution in [3.05, 3.63) is 59.7 Å². The average Bonchev–Trinajstić information content (AvgIpc) is 3.60. The molecule has 0 saturated carbocycles. The summed E-state index contributed by atoms with van der Waals surface area (Å²) in [6, 6.07) is 9.88. The Morgan fingerprint density at radius 1 is 0.941 bits per heavy atom. The largest absolute Gasteiger partial charge is 0.506 e. The van der Waals surface area contributed by atoms with Gasteiger partial charge in [-0.1, -0.05) is 0 Å². The molecule has 6 rings (SSSR count). The number of ether oxygens (including phenoxy) is 1. The van der Waals surface area contributed by atoms with E-state index in [9.17, 15) is 5.11 Å². The Kier molecular flexibility index (Phi) is 5.54. The van der Waals surface area contributed by atoms with E-state index in [2.05, 4.69) is 42.3 Å². The number of hydrogen-bond acceptors (Lipinski definition) is 10. The fourth-order valence-corrected chi connectivity index (χ4v) is 5.42. The summed E-state index contributed by atoms with van der Waals surface area (Å²) in [4.78, 5) is 20.4. The van der Waals surface area contributed by atoms with E-state index in [4.69, 9.17) is 4.74 Å². The van der Waals surface area contributed by atoms with Crippen molar-refractivity contribution >= 4 is 50.9 Å². The number of anilines is 3. The van der Waals surface area contributed by atoms with E-state index in [0.717, 1.165) is 64.2 Å². The summed E-state index contributed by atoms with van der Waals surface area (Å²) in [6.45, 7) is 3.29. The maximum Gasteiger partial charge on any atom is 0.227 e. The van der Waals surface area contributed by atoms with E-state index in [1.165, 1.54) is 22.7 Å². The van der Waals surface area contributed by atoms with E-state index in [1.807, 2.05) is 22.9 Å². The van der Waals surface area contributed by atoms with Gasteiger partial charge in [-0.2, -0.15) is 0 Å². The monoisotopic (exact) mass is 488 g/mol. The fourth-order valence-electron chi connectivity index (χ4n) is 4.05. The zero-order valence-corrected chi connectivity index (χ0v) is 19.6. The lowest BCUT2D eigenvalue weighted by Crippen LogP contribution is -2.36. The Balaban J connectivity index is 1.36. The molecular formula is C24H20N6O2S2. The fraction of sp³-hybridized carbons (Fsp3) is 0.167. The van der Waals surface area contributed by atoms with Crippen molar-refractivity contribution in [2.45, 2.75) is 0 Å². The summed E-state index contributed by atoms with van der Waals surface area (Å²) in [5, 5.41) is 20.3. The Morgan fingerprint density at radius 3 is 2.38 bits per heavy atom. The van der Waals surface area contributed by atoms with Gasteiger partial charge in [0.05, 0.1) is 13.2 Å². The number of phenolic OH excluding ortho intramolecular Hbond substituents is 1. The van der Waals surface area contributed by atoms with Gasteiger partial charge in [-0.05, 0) is 30.3 Å². The summed E-state index contributed by atoms with van der Waals surface area (Å²) >= 11 is 3.04. The second kappa shape index (κ2) is 8.98. The molecule has 34 heavy (non-hydrogen) atoms. The number of nitrogens with zero attached hydrogens (tertiary/aromatic N) is 5. The minimum absolute atomic E-state index is 0.0774. The quantitative estimate of drug-likeness (QED) is 0.350.